The van der Waals surface area contributed by atoms with E-state index in [0.29, 0.717) is 4.83 Å². The Kier molecular flexibility index (Phi) is 3.40. The van der Waals surface area contributed by atoms with Gasteiger partial charge >= 0.3 is 0 Å². The molecule has 0 bridgehead atoms. The van der Waals surface area contributed by atoms with Crippen molar-refractivity contribution in [2.75, 3.05) is 0 Å². The van der Waals surface area contributed by atoms with Crippen LogP contribution in [0.5, 0.6) is 0 Å². The third-order valence-corrected chi connectivity index (χ3v) is 3.02. The van der Waals surface area contributed by atoms with Gasteiger partial charge in [-0.15, -0.1) is 11.3 Å². The molecule has 0 saturated carbocycles. The first-order chi connectivity index (χ1) is 4.68. The lowest BCUT2D eigenvalue weighted by Crippen LogP contribution is -1.93. The third kappa shape index (κ3) is 2.72. The van der Waals surface area contributed by atoms with Gasteiger partial charge in [-0.05, 0) is 39.4 Å². The van der Waals surface area contributed by atoms with Crippen molar-refractivity contribution in [2.45, 2.75) is 18.2 Å². The monoisotopic (exact) mass is 282 g/mol. The number of hydrogen-bond donors (Lipinski definition) is 0. The number of rotatable bonds is 2. The van der Waals surface area contributed by atoms with E-state index >= 15 is 0 Å². The van der Waals surface area contributed by atoms with E-state index < -0.39 is 0 Å². The fourth-order valence-electron chi connectivity index (χ4n) is 0.778. The number of thiophene rings is 1. The summed E-state index contributed by atoms with van der Waals surface area (Å²) in [4.78, 5) is 0.578. The van der Waals surface area contributed by atoms with Crippen molar-refractivity contribution in [3.05, 3.63) is 20.8 Å². The molecule has 0 fully saturated rings. The van der Waals surface area contributed by atoms with Gasteiger partial charge in [0.2, 0.25) is 0 Å². The predicted octanol–water partition coefficient (Wildman–Crippen LogP) is 3.84. The molecule has 0 saturated heterocycles. The van der Waals surface area contributed by atoms with E-state index in [1.54, 1.807) is 11.3 Å². The minimum Gasteiger partial charge on any atom is -0.137 e. The molecule has 0 nitrogen and oxygen atoms in total. The van der Waals surface area contributed by atoms with Gasteiger partial charge in [-0.1, -0.05) is 22.9 Å². The van der Waals surface area contributed by atoms with Gasteiger partial charge in [0.05, 0.1) is 3.79 Å². The van der Waals surface area contributed by atoms with E-state index in [-0.39, 0.29) is 0 Å². The summed E-state index contributed by atoms with van der Waals surface area (Å²) in [5, 5.41) is 2.18. The Morgan fingerprint density at radius 2 is 2.40 bits per heavy atom. The lowest BCUT2D eigenvalue weighted by molar-refractivity contribution is 0.965. The Balaban J connectivity index is 2.58. The van der Waals surface area contributed by atoms with Crippen LogP contribution in [-0.4, -0.2) is 4.83 Å². The van der Waals surface area contributed by atoms with Crippen LogP contribution in [0.3, 0.4) is 0 Å². The fourth-order valence-corrected chi connectivity index (χ4v) is 2.37. The smallest absolute Gasteiger partial charge is 0.0701 e. The molecule has 56 valence electrons. The Labute approximate surface area is 81.9 Å². The molecule has 1 heterocycles. The molecule has 0 N–H and O–H groups in total. The Morgan fingerprint density at radius 1 is 1.70 bits per heavy atom. The van der Waals surface area contributed by atoms with Crippen LogP contribution in [0.2, 0.25) is 0 Å². The molecule has 1 aromatic rings. The van der Waals surface area contributed by atoms with Crippen molar-refractivity contribution in [3.63, 3.8) is 0 Å². The first kappa shape index (κ1) is 8.75. The second kappa shape index (κ2) is 3.88. The first-order valence-electron chi connectivity index (χ1n) is 3.05. The zero-order chi connectivity index (χ0) is 7.56. The zero-order valence-electron chi connectivity index (χ0n) is 5.60. The van der Waals surface area contributed by atoms with Crippen molar-refractivity contribution in [3.8, 4) is 0 Å². The van der Waals surface area contributed by atoms with Crippen LogP contribution < -0.4 is 0 Å². The van der Waals surface area contributed by atoms with Gasteiger partial charge in [-0.2, -0.15) is 0 Å². The number of alkyl halides is 1. The summed E-state index contributed by atoms with van der Waals surface area (Å²) in [6.07, 6.45) is 1.11. The van der Waals surface area contributed by atoms with Crippen LogP contribution >= 0.6 is 43.2 Å². The van der Waals surface area contributed by atoms with E-state index in [1.807, 2.05) is 0 Å². The first-order valence-corrected chi connectivity index (χ1v) is 5.64. The van der Waals surface area contributed by atoms with Gasteiger partial charge in [0.1, 0.15) is 0 Å². The van der Waals surface area contributed by atoms with Crippen molar-refractivity contribution in [1.29, 1.82) is 0 Å². The lowest BCUT2D eigenvalue weighted by Gasteiger charge is -1.97. The van der Waals surface area contributed by atoms with Gasteiger partial charge in [-0.25, -0.2) is 0 Å². The van der Waals surface area contributed by atoms with Crippen LogP contribution in [-0.2, 0) is 6.42 Å². The highest BCUT2D eigenvalue weighted by Crippen LogP contribution is 2.22. The normalized spacial score (nSPS) is 13.5. The summed E-state index contributed by atoms with van der Waals surface area (Å²) in [6.45, 7) is 2.16. The van der Waals surface area contributed by atoms with Gasteiger partial charge < -0.3 is 0 Å². The Hall–Kier alpha value is 0.660. The van der Waals surface area contributed by atoms with Gasteiger partial charge in [0.25, 0.3) is 0 Å². The summed E-state index contributed by atoms with van der Waals surface area (Å²) in [6, 6.07) is 2.17. The van der Waals surface area contributed by atoms with Gasteiger partial charge in [0, 0.05) is 4.83 Å². The lowest BCUT2D eigenvalue weighted by atomic mass is 10.2. The molecule has 1 unspecified atom stereocenters. The van der Waals surface area contributed by atoms with E-state index in [1.165, 1.54) is 9.35 Å². The van der Waals surface area contributed by atoms with Crippen molar-refractivity contribution in [2.24, 2.45) is 0 Å². The Bertz CT molecular complexity index is 205. The molecule has 0 aliphatic carbocycles. The number of halogens is 2. The average Bonchev–Trinajstić information content (AvgIpc) is 2.13. The summed E-state index contributed by atoms with van der Waals surface area (Å²) < 4.78 is 1.22. The minimum absolute atomic E-state index is 0.578. The maximum Gasteiger partial charge on any atom is 0.0701 e. The van der Waals surface area contributed by atoms with Crippen LogP contribution in [0.25, 0.3) is 0 Å². The maximum atomic E-state index is 3.51. The molecule has 0 aliphatic rings. The molecule has 1 rings (SSSR count). The SMILES string of the molecule is CC(Br)Cc1csc(Br)c1. The highest BCUT2D eigenvalue weighted by Gasteiger charge is 2.00. The molecule has 3 heteroatoms. The quantitative estimate of drug-likeness (QED) is 0.724. The average molecular weight is 284 g/mol. The minimum atomic E-state index is 0.578. The second-order valence-electron chi connectivity index (χ2n) is 2.24. The van der Waals surface area contributed by atoms with Crippen molar-refractivity contribution >= 4 is 43.2 Å². The third-order valence-electron chi connectivity index (χ3n) is 1.14. The topological polar surface area (TPSA) is 0 Å². The molecule has 1 aromatic heterocycles. The zero-order valence-corrected chi connectivity index (χ0v) is 9.59. The molecule has 0 aromatic carbocycles. The van der Waals surface area contributed by atoms with Crippen molar-refractivity contribution < 1.29 is 0 Å². The molecule has 0 radical (unpaired) electrons. The van der Waals surface area contributed by atoms with E-state index in [4.69, 9.17) is 0 Å². The number of hydrogen-bond acceptors (Lipinski definition) is 1. The highest BCUT2D eigenvalue weighted by atomic mass is 79.9. The molecule has 0 amide bonds. The molecule has 10 heavy (non-hydrogen) atoms. The summed E-state index contributed by atoms with van der Waals surface area (Å²) in [7, 11) is 0. The second-order valence-corrected chi connectivity index (χ2v) is 6.10. The fraction of sp³-hybridized carbons (Fsp3) is 0.429. The maximum absolute atomic E-state index is 3.51. The standard InChI is InChI=1S/C7H8Br2S/c1-5(8)2-6-3-7(9)10-4-6/h3-5H,2H2,1H3. The van der Waals surface area contributed by atoms with E-state index in [0.717, 1.165) is 6.42 Å². The molecular formula is C7H8Br2S. The van der Waals surface area contributed by atoms with Crippen LogP contribution in [0.15, 0.2) is 15.2 Å². The molecule has 0 spiro atoms. The van der Waals surface area contributed by atoms with Crippen LogP contribution in [0.1, 0.15) is 12.5 Å². The molecule has 1 atom stereocenters. The van der Waals surface area contributed by atoms with Crippen LogP contribution in [0.4, 0.5) is 0 Å². The molecular weight excluding hydrogens is 276 g/mol. The van der Waals surface area contributed by atoms with E-state index in [2.05, 4.69) is 50.2 Å². The van der Waals surface area contributed by atoms with Crippen molar-refractivity contribution in [1.82, 2.24) is 0 Å². The van der Waals surface area contributed by atoms with Gasteiger partial charge in [0.15, 0.2) is 0 Å². The highest BCUT2D eigenvalue weighted by molar-refractivity contribution is 9.11. The van der Waals surface area contributed by atoms with Crippen LogP contribution in [0, 0.1) is 0 Å². The molecule has 0 aliphatic heterocycles. The summed E-state index contributed by atoms with van der Waals surface area (Å²) in [5.74, 6) is 0. The van der Waals surface area contributed by atoms with E-state index in [9.17, 15) is 0 Å². The summed E-state index contributed by atoms with van der Waals surface area (Å²) >= 11 is 8.68. The summed E-state index contributed by atoms with van der Waals surface area (Å²) in [5.41, 5.74) is 1.40. The largest absolute Gasteiger partial charge is 0.137 e. The predicted molar refractivity (Wildman–Crippen MR) is 54.1 cm³/mol. The Morgan fingerprint density at radius 3 is 2.80 bits per heavy atom. The van der Waals surface area contributed by atoms with Gasteiger partial charge in [-0.3, -0.25) is 0 Å².